The zero-order chi connectivity index (χ0) is 25.9. The lowest BCUT2D eigenvalue weighted by Crippen LogP contribution is -2.41. The summed E-state index contributed by atoms with van der Waals surface area (Å²) in [6.45, 7) is 9.20. The molecule has 8 nitrogen and oxygen atoms in total. The number of anilines is 1. The molecule has 2 aliphatic heterocycles. The van der Waals surface area contributed by atoms with Crippen LogP contribution in [0.15, 0.2) is 29.2 Å². The maximum atomic E-state index is 13.1. The second-order valence-corrected chi connectivity index (χ2v) is 12.4. The van der Waals surface area contributed by atoms with Crippen molar-refractivity contribution >= 4 is 38.2 Å². The molecule has 4 rings (SSSR count). The van der Waals surface area contributed by atoms with Gasteiger partial charge >= 0.3 is 5.97 Å². The number of fused-ring (bicyclic) bond motifs is 1. The van der Waals surface area contributed by atoms with Crippen LogP contribution in [0, 0.1) is 0 Å². The Morgan fingerprint density at radius 3 is 2.56 bits per heavy atom. The Morgan fingerprint density at radius 1 is 1.14 bits per heavy atom. The van der Waals surface area contributed by atoms with Gasteiger partial charge in [-0.1, -0.05) is 13.3 Å². The number of nitrogens with zero attached hydrogens (tertiary/aromatic N) is 2. The van der Waals surface area contributed by atoms with Gasteiger partial charge in [0.05, 0.1) is 17.1 Å². The topological polar surface area (TPSA) is 96.0 Å². The standard InChI is InChI=1S/C26H35N3O5S2/c1-4-14-28-16-13-21-22(17-28)35-25(23(21)26(31)34-5-2)27-24(30)19-9-11-20(12-10-19)36(32,33)29-15-7-6-8-18(29)3/h9-12,18H,4-8,13-17H2,1-3H3,(H,27,30). The molecule has 2 aliphatic rings. The van der Waals surface area contributed by atoms with E-state index in [0.717, 1.165) is 62.2 Å². The second-order valence-electron chi connectivity index (χ2n) is 9.39. The molecule has 1 aromatic carbocycles. The Labute approximate surface area is 217 Å². The molecule has 10 heteroatoms. The van der Waals surface area contributed by atoms with E-state index >= 15 is 0 Å². The molecule has 0 aliphatic carbocycles. The highest BCUT2D eigenvalue weighted by Crippen LogP contribution is 2.38. The minimum absolute atomic E-state index is 0.0360. The maximum Gasteiger partial charge on any atom is 0.341 e. The number of esters is 1. The normalized spacial score (nSPS) is 19.0. The minimum atomic E-state index is -3.61. The van der Waals surface area contributed by atoms with Crippen LogP contribution in [0.5, 0.6) is 0 Å². The highest BCUT2D eigenvalue weighted by molar-refractivity contribution is 7.89. The molecule has 1 fully saturated rings. The lowest BCUT2D eigenvalue weighted by molar-refractivity contribution is 0.0526. The van der Waals surface area contributed by atoms with Gasteiger partial charge in [-0.2, -0.15) is 4.31 Å². The van der Waals surface area contributed by atoms with Gasteiger partial charge in [-0.3, -0.25) is 9.69 Å². The number of sulfonamides is 1. The van der Waals surface area contributed by atoms with Crippen molar-refractivity contribution in [2.45, 2.75) is 70.4 Å². The third-order valence-electron chi connectivity index (χ3n) is 6.85. The van der Waals surface area contributed by atoms with E-state index in [1.807, 2.05) is 6.92 Å². The van der Waals surface area contributed by atoms with Crippen molar-refractivity contribution < 1.29 is 22.7 Å². The average molecular weight is 534 g/mol. The number of ether oxygens (including phenoxy) is 1. The van der Waals surface area contributed by atoms with Crippen LogP contribution in [0.2, 0.25) is 0 Å². The van der Waals surface area contributed by atoms with Crippen LogP contribution in [0.4, 0.5) is 5.00 Å². The van der Waals surface area contributed by atoms with E-state index in [1.54, 1.807) is 11.2 Å². The van der Waals surface area contributed by atoms with Crippen molar-refractivity contribution in [2.75, 3.05) is 31.6 Å². The van der Waals surface area contributed by atoms with Crippen LogP contribution in [-0.2, 0) is 27.7 Å². The number of carbonyl (C=O) groups excluding carboxylic acids is 2. The molecule has 1 atom stereocenters. The highest BCUT2D eigenvalue weighted by atomic mass is 32.2. The molecule has 2 aromatic rings. The first-order chi connectivity index (χ1) is 17.3. The van der Waals surface area contributed by atoms with Crippen LogP contribution in [0.3, 0.4) is 0 Å². The lowest BCUT2D eigenvalue weighted by atomic mass is 10.0. The quantitative estimate of drug-likeness (QED) is 0.502. The van der Waals surface area contributed by atoms with Gasteiger partial charge in [-0.25, -0.2) is 13.2 Å². The summed E-state index contributed by atoms with van der Waals surface area (Å²) in [5, 5.41) is 3.39. The first kappa shape index (κ1) is 26.8. The Balaban J connectivity index is 1.55. The summed E-state index contributed by atoms with van der Waals surface area (Å²) in [6.07, 6.45) is 4.52. The number of nitrogens with one attached hydrogen (secondary N) is 1. The van der Waals surface area contributed by atoms with Gasteiger partial charge < -0.3 is 10.1 Å². The van der Waals surface area contributed by atoms with Crippen LogP contribution >= 0.6 is 11.3 Å². The Morgan fingerprint density at radius 2 is 1.89 bits per heavy atom. The van der Waals surface area contributed by atoms with Crippen LogP contribution in [-0.4, -0.2) is 61.8 Å². The van der Waals surface area contributed by atoms with Crippen molar-refractivity contribution in [3.8, 4) is 0 Å². The van der Waals surface area contributed by atoms with Gasteiger partial charge in [-0.15, -0.1) is 11.3 Å². The van der Waals surface area contributed by atoms with Crippen LogP contribution in [0.1, 0.15) is 77.6 Å². The van der Waals surface area contributed by atoms with Crippen LogP contribution < -0.4 is 5.32 Å². The minimum Gasteiger partial charge on any atom is -0.462 e. The van der Waals surface area contributed by atoms with E-state index in [9.17, 15) is 18.0 Å². The lowest BCUT2D eigenvalue weighted by Gasteiger charge is -2.32. The molecule has 1 aromatic heterocycles. The average Bonchev–Trinajstić information content (AvgIpc) is 3.21. The third kappa shape index (κ3) is 5.51. The van der Waals surface area contributed by atoms with Gasteiger partial charge in [0, 0.05) is 36.1 Å². The molecule has 196 valence electrons. The van der Waals surface area contributed by atoms with Crippen molar-refractivity contribution in [1.29, 1.82) is 0 Å². The maximum absolute atomic E-state index is 13.1. The van der Waals surface area contributed by atoms with Crippen LogP contribution in [0.25, 0.3) is 0 Å². The number of carbonyl (C=O) groups is 2. The number of hydrogen-bond acceptors (Lipinski definition) is 7. The summed E-state index contributed by atoms with van der Waals surface area (Å²) in [7, 11) is -3.61. The molecule has 0 saturated carbocycles. The summed E-state index contributed by atoms with van der Waals surface area (Å²) in [5.41, 5.74) is 1.73. The number of amides is 1. The zero-order valence-corrected chi connectivity index (χ0v) is 22.8. The van der Waals surface area contributed by atoms with E-state index in [4.69, 9.17) is 4.74 Å². The monoisotopic (exact) mass is 533 g/mol. The molecular weight excluding hydrogens is 498 g/mol. The summed E-state index contributed by atoms with van der Waals surface area (Å²) in [6, 6.07) is 5.99. The molecule has 36 heavy (non-hydrogen) atoms. The highest BCUT2D eigenvalue weighted by Gasteiger charge is 2.32. The van der Waals surface area contributed by atoms with Gasteiger partial charge in [0.25, 0.3) is 5.91 Å². The molecule has 1 N–H and O–H groups in total. The Hall–Kier alpha value is -2.27. The van der Waals surface area contributed by atoms with E-state index < -0.39 is 16.0 Å². The zero-order valence-electron chi connectivity index (χ0n) is 21.2. The summed E-state index contributed by atoms with van der Waals surface area (Å²) < 4.78 is 33.1. The molecule has 0 bridgehead atoms. The summed E-state index contributed by atoms with van der Waals surface area (Å²) >= 11 is 1.42. The second kappa shape index (κ2) is 11.4. The third-order valence-corrected chi connectivity index (χ3v) is 10.0. The summed E-state index contributed by atoms with van der Waals surface area (Å²) in [5.74, 6) is -0.814. The number of benzene rings is 1. The molecule has 1 saturated heterocycles. The number of piperidine rings is 1. The molecule has 3 heterocycles. The SMILES string of the molecule is CCCN1CCc2c(sc(NC(=O)c3ccc(S(=O)(=O)N4CCCCC4C)cc3)c2C(=O)OCC)C1. The molecular formula is C26H35N3O5S2. The fourth-order valence-corrected chi connectivity index (χ4v) is 7.96. The first-order valence-corrected chi connectivity index (χ1v) is 15.0. The smallest absolute Gasteiger partial charge is 0.341 e. The van der Waals surface area contributed by atoms with Gasteiger partial charge in [0.15, 0.2) is 0 Å². The van der Waals surface area contributed by atoms with E-state index in [0.29, 0.717) is 22.7 Å². The number of rotatable bonds is 8. The fourth-order valence-electron chi connectivity index (χ4n) is 4.99. The Kier molecular flexibility index (Phi) is 8.49. The van der Waals surface area contributed by atoms with Gasteiger partial charge in [-0.05, 0) is 75.9 Å². The summed E-state index contributed by atoms with van der Waals surface area (Å²) in [4.78, 5) is 29.5. The number of hydrogen-bond donors (Lipinski definition) is 1. The largest absolute Gasteiger partial charge is 0.462 e. The predicted molar refractivity (Wildman–Crippen MR) is 141 cm³/mol. The van der Waals surface area contributed by atoms with Crippen molar-refractivity contribution in [2.24, 2.45) is 0 Å². The van der Waals surface area contributed by atoms with E-state index in [2.05, 4.69) is 17.1 Å². The molecule has 1 amide bonds. The van der Waals surface area contributed by atoms with E-state index in [-0.39, 0.29) is 23.5 Å². The molecule has 1 unspecified atom stereocenters. The first-order valence-electron chi connectivity index (χ1n) is 12.7. The number of thiophene rings is 1. The predicted octanol–water partition coefficient (Wildman–Crippen LogP) is 4.51. The van der Waals surface area contributed by atoms with Gasteiger partial charge in [0.2, 0.25) is 10.0 Å². The van der Waals surface area contributed by atoms with Crippen molar-refractivity contribution in [3.05, 3.63) is 45.8 Å². The van der Waals surface area contributed by atoms with Crippen molar-refractivity contribution in [1.82, 2.24) is 9.21 Å². The fraction of sp³-hybridized carbons (Fsp3) is 0.538. The van der Waals surface area contributed by atoms with E-state index in [1.165, 1.54) is 35.6 Å². The van der Waals surface area contributed by atoms with Gasteiger partial charge in [0.1, 0.15) is 5.00 Å². The Bertz CT molecular complexity index is 1210. The molecule has 0 radical (unpaired) electrons. The van der Waals surface area contributed by atoms with Crippen molar-refractivity contribution in [3.63, 3.8) is 0 Å². The molecule has 0 spiro atoms.